The second kappa shape index (κ2) is 7.98. The Bertz CT molecular complexity index is 992. The van der Waals surface area contributed by atoms with Gasteiger partial charge < -0.3 is 0 Å². The fourth-order valence-electron chi connectivity index (χ4n) is 4.82. The molecule has 0 N–H and O–H groups in total. The van der Waals surface area contributed by atoms with Gasteiger partial charge in [0, 0.05) is 5.92 Å². The zero-order chi connectivity index (χ0) is 19.7. The predicted octanol–water partition coefficient (Wildman–Crippen LogP) is 7.53. The van der Waals surface area contributed by atoms with Crippen LogP contribution in [0.15, 0.2) is 48.5 Å². The zero-order valence-corrected chi connectivity index (χ0v) is 16.2. The topological polar surface area (TPSA) is 0 Å². The number of fused-ring (bicyclic) bond motifs is 3. The minimum Gasteiger partial charge on any atom is -0.207 e. The minimum atomic E-state index is -0.817. The summed E-state index contributed by atoms with van der Waals surface area (Å²) in [5.41, 5.74) is 3.10. The fraction of sp³-hybridized carbons (Fsp3) is 0.360. The lowest BCUT2D eigenvalue weighted by molar-refractivity contribution is 0.368. The number of hydrogen-bond acceptors (Lipinski definition) is 0. The van der Waals surface area contributed by atoms with Crippen molar-refractivity contribution in [1.82, 2.24) is 0 Å². The van der Waals surface area contributed by atoms with Crippen molar-refractivity contribution in [2.75, 3.05) is 0 Å². The summed E-state index contributed by atoms with van der Waals surface area (Å²) in [7, 11) is 0. The summed E-state index contributed by atoms with van der Waals surface area (Å²) in [6.45, 7) is 2.18. The molecule has 0 nitrogen and oxygen atoms in total. The van der Waals surface area contributed by atoms with Crippen molar-refractivity contribution in [2.24, 2.45) is 5.92 Å². The highest BCUT2D eigenvalue weighted by Gasteiger charge is 2.32. The molecule has 3 aromatic rings. The molecule has 3 heteroatoms. The molecular weight excluding hydrogens is 357 g/mol. The van der Waals surface area contributed by atoms with E-state index in [2.05, 4.69) is 13.0 Å². The molecule has 0 saturated heterocycles. The van der Waals surface area contributed by atoms with Gasteiger partial charge in [0.2, 0.25) is 0 Å². The first-order chi connectivity index (χ1) is 13.6. The number of rotatable bonds is 5. The van der Waals surface area contributed by atoms with Crippen molar-refractivity contribution in [1.29, 1.82) is 0 Å². The van der Waals surface area contributed by atoms with E-state index >= 15 is 0 Å². The number of hydrogen-bond donors (Lipinski definition) is 0. The normalized spacial score (nSPS) is 19.0. The van der Waals surface area contributed by atoms with Gasteiger partial charge in [0.1, 0.15) is 5.82 Å². The quantitative estimate of drug-likeness (QED) is 0.400. The maximum absolute atomic E-state index is 14.0. The summed E-state index contributed by atoms with van der Waals surface area (Å²) in [4.78, 5) is 0. The van der Waals surface area contributed by atoms with Gasteiger partial charge in [-0.2, -0.15) is 0 Å². The van der Waals surface area contributed by atoms with Gasteiger partial charge in [-0.3, -0.25) is 0 Å². The van der Waals surface area contributed by atoms with Gasteiger partial charge in [-0.1, -0.05) is 50.5 Å². The van der Waals surface area contributed by atoms with Crippen LogP contribution in [0.1, 0.15) is 61.6 Å². The van der Waals surface area contributed by atoms with E-state index in [0.717, 1.165) is 59.6 Å². The van der Waals surface area contributed by atoms with Gasteiger partial charge in [0.15, 0.2) is 11.6 Å². The van der Waals surface area contributed by atoms with Gasteiger partial charge >= 0.3 is 0 Å². The first kappa shape index (κ1) is 19.0. The number of aryl methyl sites for hydroxylation is 1. The first-order valence-corrected chi connectivity index (χ1v) is 10.2. The molecule has 0 amide bonds. The van der Waals surface area contributed by atoms with E-state index in [-0.39, 0.29) is 11.7 Å². The van der Waals surface area contributed by atoms with E-state index in [4.69, 9.17) is 0 Å². The average molecular weight is 382 g/mol. The van der Waals surface area contributed by atoms with Crippen molar-refractivity contribution in [3.8, 4) is 0 Å². The molecule has 1 aliphatic carbocycles. The molecular formula is C25H25F3. The van der Waals surface area contributed by atoms with Crippen molar-refractivity contribution >= 4 is 10.8 Å². The summed E-state index contributed by atoms with van der Waals surface area (Å²) in [5, 5.41) is 1.96. The molecule has 0 radical (unpaired) electrons. The molecule has 2 atom stereocenters. The Morgan fingerprint density at radius 3 is 2.50 bits per heavy atom. The maximum Gasteiger partial charge on any atom is 0.159 e. The van der Waals surface area contributed by atoms with Gasteiger partial charge in [0.05, 0.1) is 0 Å². The summed E-state index contributed by atoms with van der Waals surface area (Å²) >= 11 is 0. The molecule has 0 unspecified atom stereocenters. The summed E-state index contributed by atoms with van der Waals surface area (Å²) in [6.07, 6.45) is 6.42. The highest BCUT2D eigenvalue weighted by molar-refractivity contribution is 5.87. The molecule has 0 bridgehead atoms. The Morgan fingerprint density at radius 2 is 1.71 bits per heavy atom. The van der Waals surface area contributed by atoms with E-state index in [1.54, 1.807) is 12.1 Å². The standard InChI is InChI=1S/C25H25F3/c1-2-3-4-5-17-8-11-20-21(12-7-16-6-10-19(26)15-22(16)20)25(17)18-9-13-23(27)24(28)14-18/h6-7,9-10,12-15,17,25H,2-5,8,11H2,1H3/t17-,25-/m1/s1. The molecule has 0 fully saturated rings. The second-order valence-electron chi connectivity index (χ2n) is 7.94. The predicted molar refractivity (Wildman–Crippen MR) is 108 cm³/mol. The van der Waals surface area contributed by atoms with Crippen LogP contribution in [0.5, 0.6) is 0 Å². The molecule has 28 heavy (non-hydrogen) atoms. The Hall–Kier alpha value is -2.29. The van der Waals surface area contributed by atoms with Crippen molar-refractivity contribution in [3.63, 3.8) is 0 Å². The Balaban J connectivity index is 1.83. The second-order valence-corrected chi connectivity index (χ2v) is 7.94. The Labute approximate surface area is 164 Å². The third-order valence-corrected chi connectivity index (χ3v) is 6.18. The minimum absolute atomic E-state index is 0.0170. The van der Waals surface area contributed by atoms with E-state index < -0.39 is 11.6 Å². The summed E-state index contributed by atoms with van der Waals surface area (Å²) in [6, 6.07) is 13.3. The SMILES string of the molecule is CCCCC[C@@H]1CCc2c(ccc3ccc(F)cc23)[C@H]1c1ccc(F)c(F)c1. The van der Waals surface area contributed by atoms with Gasteiger partial charge in [-0.05, 0) is 76.9 Å². The third-order valence-electron chi connectivity index (χ3n) is 6.18. The lowest BCUT2D eigenvalue weighted by atomic mass is 9.69. The van der Waals surface area contributed by atoms with E-state index in [1.807, 2.05) is 12.1 Å². The van der Waals surface area contributed by atoms with E-state index in [0.29, 0.717) is 5.92 Å². The summed E-state index contributed by atoms with van der Waals surface area (Å²) < 4.78 is 41.5. The van der Waals surface area contributed by atoms with Crippen LogP contribution in [-0.4, -0.2) is 0 Å². The highest BCUT2D eigenvalue weighted by Crippen LogP contribution is 2.45. The van der Waals surface area contributed by atoms with Crippen LogP contribution < -0.4 is 0 Å². The average Bonchev–Trinajstić information content (AvgIpc) is 2.70. The van der Waals surface area contributed by atoms with Gasteiger partial charge in [0.25, 0.3) is 0 Å². The number of halogens is 3. The molecule has 0 aromatic heterocycles. The van der Waals surface area contributed by atoms with Crippen molar-refractivity contribution in [3.05, 3.63) is 82.7 Å². The molecule has 0 spiro atoms. The first-order valence-electron chi connectivity index (χ1n) is 10.2. The zero-order valence-electron chi connectivity index (χ0n) is 16.2. The maximum atomic E-state index is 14.0. The molecule has 0 aliphatic heterocycles. The highest BCUT2D eigenvalue weighted by atomic mass is 19.2. The fourth-order valence-corrected chi connectivity index (χ4v) is 4.82. The number of benzene rings is 3. The smallest absolute Gasteiger partial charge is 0.159 e. The van der Waals surface area contributed by atoms with Crippen LogP contribution in [-0.2, 0) is 6.42 Å². The largest absolute Gasteiger partial charge is 0.207 e. The molecule has 4 rings (SSSR count). The monoisotopic (exact) mass is 382 g/mol. The lowest BCUT2D eigenvalue weighted by Crippen LogP contribution is -2.22. The summed E-state index contributed by atoms with van der Waals surface area (Å²) in [5.74, 6) is -1.46. The molecule has 3 aromatic carbocycles. The molecule has 0 heterocycles. The van der Waals surface area contributed by atoms with Crippen LogP contribution in [0.4, 0.5) is 13.2 Å². The Morgan fingerprint density at radius 1 is 0.893 bits per heavy atom. The van der Waals surface area contributed by atoms with Crippen molar-refractivity contribution < 1.29 is 13.2 Å². The van der Waals surface area contributed by atoms with Crippen LogP contribution in [0.3, 0.4) is 0 Å². The molecule has 0 saturated carbocycles. The van der Waals surface area contributed by atoms with Crippen LogP contribution in [0.2, 0.25) is 0 Å². The molecule has 1 aliphatic rings. The van der Waals surface area contributed by atoms with Crippen LogP contribution in [0, 0.1) is 23.4 Å². The van der Waals surface area contributed by atoms with Crippen LogP contribution >= 0.6 is 0 Å². The molecule has 146 valence electrons. The lowest BCUT2D eigenvalue weighted by Gasteiger charge is -2.35. The van der Waals surface area contributed by atoms with Gasteiger partial charge in [-0.25, -0.2) is 13.2 Å². The van der Waals surface area contributed by atoms with Crippen LogP contribution in [0.25, 0.3) is 10.8 Å². The van der Waals surface area contributed by atoms with Crippen molar-refractivity contribution in [2.45, 2.75) is 51.4 Å². The van der Waals surface area contributed by atoms with E-state index in [1.165, 1.54) is 24.6 Å². The third kappa shape index (κ3) is 3.55. The number of unbranched alkanes of at least 4 members (excludes halogenated alkanes) is 2. The van der Waals surface area contributed by atoms with Gasteiger partial charge in [-0.15, -0.1) is 0 Å². The van der Waals surface area contributed by atoms with E-state index in [9.17, 15) is 13.2 Å². The Kier molecular flexibility index (Phi) is 5.43.